The Balaban J connectivity index is 1.52. The van der Waals surface area contributed by atoms with Crippen LogP contribution in [-0.4, -0.2) is 46.7 Å². The Kier molecular flexibility index (Phi) is 3.16. The monoisotopic (exact) mass is 234 g/mol. The van der Waals surface area contributed by atoms with Crippen molar-refractivity contribution in [3.8, 4) is 0 Å². The van der Waals surface area contributed by atoms with Gasteiger partial charge in [-0.15, -0.1) is 0 Å². The van der Waals surface area contributed by atoms with Crippen LogP contribution in [0.15, 0.2) is 12.4 Å². The van der Waals surface area contributed by atoms with E-state index >= 15 is 0 Å². The van der Waals surface area contributed by atoms with E-state index in [1.807, 2.05) is 6.20 Å². The number of nitrogens with zero attached hydrogens (tertiary/aromatic N) is 3. The molecule has 0 amide bonds. The number of aryl methyl sites for hydroxylation is 1. The van der Waals surface area contributed by atoms with Gasteiger partial charge in [0.25, 0.3) is 0 Å². The van der Waals surface area contributed by atoms with Crippen LogP contribution in [0.2, 0.25) is 0 Å². The van der Waals surface area contributed by atoms with Gasteiger partial charge >= 0.3 is 0 Å². The van der Waals surface area contributed by atoms with E-state index in [1.54, 1.807) is 0 Å². The van der Waals surface area contributed by atoms with Crippen LogP contribution in [-0.2, 0) is 6.54 Å². The fourth-order valence-electron chi connectivity index (χ4n) is 3.21. The highest BCUT2D eigenvalue weighted by Gasteiger charge is 2.33. The van der Waals surface area contributed by atoms with Crippen LogP contribution in [0, 0.1) is 12.8 Å². The van der Waals surface area contributed by atoms with Gasteiger partial charge in [0.1, 0.15) is 5.82 Å². The van der Waals surface area contributed by atoms with Gasteiger partial charge < -0.3 is 9.88 Å². The highest BCUT2D eigenvalue weighted by Crippen LogP contribution is 2.24. The molecule has 2 saturated heterocycles. The molecule has 4 heteroatoms. The van der Waals surface area contributed by atoms with Crippen molar-refractivity contribution in [3.63, 3.8) is 0 Å². The van der Waals surface area contributed by atoms with Crippen molar-refractivity contribution in [2.24, 2.45) is 5.92 Å². The molecule has 3 rings (SSSR count). The lowest BCUT2D eigenvalue weighted by Crippen LogP contribution is -2.40. The van der Waals surface area contributed by atoms with Crippen molar-refractivity contribution < 1.29 is 0 Å². The van der Waals surface area contributed by atoms with Crippen LogP contribution in [0.25, 0.3) is 0 Å². The van der Waals surface area contributed by atoms with E-state index in [4.69, 9.17) is 0 Å². The summed E-state index contributed by atoms with van der Waals surface area (Å²) in [5.41, 5.74) is 0. The van der Waals surface area contributed by atoms with Crippen molar-refractivity contribution >= 4 is 0 Å². The summed E-state index contributed by atoms with van der Waals surface area (Å²) in [4.78, 5) is 6.87. The lowest BCUT2D eigenvalue weighted by atomic mass is 9.94. The Labute approximate surface area is 103 Å². The molecule has 0 radical (unpaired) electrons. The smallest absolute Gasteiger partial charge is 0.105 e. The number of aromatic nitrogens is 2. The molecule has 0 aromatic carbocycles. The van der Waals surface area contributed by atoms with E-state index in [0.29, 0.717) is 0 Å². The fraction of sp³-hybridized carbons (Fsp3) is 0.769. The average Bonchev–Trinajstić information content (AvgIpc) is 2.92. The number of imidazole rings is 1. The summed E-state index contributed by atoms with van der Waals surface area (Å²) < 4.78 is 2.25. The lowest BCUT2D eigenvalue weighted by molar-refractivity contribution is 0.305. The largest absolute Gasteiger partial charge is 0.334 e. The minimum atomic E-state index is 0.757. The number of hydrogen-bond donors (Lipinski definition) is 1. The maximum atomic E-state index is 4.27. The molecule has 17 heavy (non-hydrogen) atoms. The van der Waals surface area contributed by atoms with Gasteiger partial charge in [0, 0.05) is 44.6 Å². The number of hydrogen-bond acceptors (Lipinski definition) is 3. The van der Waals surface area contributed by atoms with E-state index in [9.17, 15) is 0 Å². The van der Waals surface area contributed by atoms with Gasteiger partial charge in [-0.1, -0.05) is 0 Å². The zero-order chi connectivity index (χ0) is 11.7. The summed E-state index contributed by atoms with van der Waals surface area (Å²) in [5, 5.41) is 3.65. The van der Waals surface area contributed by atoms with Gasteiger partial charge in [0.15, 0.2) is 0 Å². The molecule has 2 aliphatic heterocycles. The third-order valence-corrected chi connectivity index (χ3v) is 4.26. The molecule has 0 aliphatic carbocycles. The molecule has 1 aromatic rings. The molecular formula is C13H22N4. The fourth-order valence-corrected chi connectivity index (χ4v) is 3.21. The molecule has 2 atom stereocenters. The molecular weight excluding hydrogens is 212 g/mol. The van der Waals surface area contributed by atoms with Gasteiger partial charge in [0.05, 0.1) is 0 Å². The number of piperidine rings is 1. The molecule has 4 nitrogen and oxygen atoms in total. The van der Waals surface area contributed by atoms with E-state index in [0.717, 1.165) is 30.9 Å². The highest BCUT2D eigenvalue weighted by molar-refractivity contribution is 4.93. The summed E-state index contributed by atoms with van der Waals surface area (Å²) in [6.45, 7) is 8.04. The summed E-state index contributed by atoms with van der Waals surface area (Å²) in [6.07, 6.45) is 6.74. The van der Waals surface area contributed by atoms with Gasteiger partial charge in [-0.05, 0) is 32.2 Å². The molecule has 2 aliphatic rings. The number of nitrogens with one attached hydrogen (secondary N) is 1. The summed E-state index contributed by atoms with van der Waals surface area (Å²) in [6, 6.07) is 0.757. The Morgan fingerprint density at radius 3 is 3.12 bits per heavy atom. The topological polar surface area (TPSA) is 33.1 Å². The van der Waals surface area contributed by atoms with Gasteiger partial charge in [-0.3, -0.25) is 4.90 Å². The first-order valence-corrected chi connectivity index (χ1v) is 6.76. The first-order valence-electron chi connectivity index (χ1n) is 6.76. The normalized spacial score (nSPS) is 29.5. The number of likely N-dealkylation sites (tertiary alicyclic amines) is 1. The molecule has 2 fully saturated rings. The second-order valence-electron chi connectivity index (χ2n) is 5.39. The minimum absolute atomic E-state index is 0.757. The molecule has 94 valence electrons. The zero-order valence-corrected chi connectivity index (χ0v) is 10.6. The van der Waals surface area contributed by atoms with Crippen molar-refractivity contribution in [2.75, 3.05) is 26.2 Å². The first kappa shape index (κ1) is 11.2. The van der Waals surface area contributed by atoms with Crippen molar-refractivity contribution in [2.45, 2.75) is 32.4 Å². The summed E-state index contributed by atoms with van der Waals surface area (Å²) in [5.74, 6) is 2.02. The van der Waals surface area contributed by atoms with Crippen LogP contribution >= 0.6 is 0 Å². The summed E-state index contributed by atoms with van der Waals surface area (Å²) >= 11 is 0. The second kappa shape index (κ2) is 4.78. The third-order valence-electron chi connectivity index (χ3n) is 4.26. The molecule has 1 N–H and O–H groups in total. The molecule has 3 heterocycles. The van der Waals surface area contributed by atoms with E-state index in [1.165, 1.54) is 32.5 Å². The lowest BCUT2D eigenvalue weighted by Gasteiger charge is -2.24. The summed E-state index contributed by atoms with van der Waals surface area (Å²) in [7, 11) is 0. The van der Waals surface area contributed by atoms with E-state index < -0.39 is 0 Å². The van der Waals surface area contributed by atoms with Gasteiger partial charge in [0.2, 0.25) is 0 Å². The molecule has 1 aromatic heterocycles. The standard InChI is InChI=1S/C13H22N4/c1-11-14-5-6-17(11)8-7-16-9-12-3-2-4-15-13(12)10-16/h5-6,12-13,15H,2-4,7-10H2,1H3. The van der Waals surface area contributed by atoms with Crippen LogP contribution < -0.4 is 5.32 Å². The number of rotatable bonds is 3. The molecule has 0 spiro atoms. The molecule has 0 bridgehead atoms. The van der Waals surface area contributed by atoms with E-state index in [-0.39, 0.29) is 0 Å². The Morgan fingerprint density at radius 1 is 1.41 bits per heavy atom. The minimum Gasteiger partial charge on any atom is -0.334 e. The zero-order valence-electron chi connectivity index (χ0n) is 10.6. The van der Waals surface area contributed by atoms with Crippen LogP contribution in [0.1, 0.15) is 18.7 Å². The Morgan fingerprint density at radius 2 is 2.35 bits per heavy atom. The van der Waals surface area contributed by atoms with Gasteiger partial charge in [-0.2, -0.15) is 0 Å². The average molecular weight is 234 g/mol. The molecule has 0 saturated carbocycles. The second-order valence-corrected chi connectivity index (χ2v) is 5.39. The van der Waals surface area contributed by atoms with Crippen molar-refractivity contribution in [3.05, 3.63) is 18.2 Å². The Bertz CT molecular complexity index is 359. The first-order chi connectivity index (χ1) is 8.33. The third kappa shape index (κ3) is 2.38. The maximum Gasteiger partial charge on any atom is 0.105 e. The SMILES string of the molecule is Cc1nccn1CCN1CC2CCCNC2C1. The van der Waals surface area contributed by atoms with Crippen molar-refractivity contribution in [1.82, 2.24) is 19.8 Å². The Hall–Kier alpha value is -0.870. The quantitative estimate of drug-likeness (QED) is 0.842. The van der Waals surface area contributed by atoms with Crippen LogP contribution in [0.4, 0.5) is 0 Å². The van der Waals surface area contributed by atoms with Crippen molar-refractivity contribution in [1.29, 1.82) is 0 Å². The van der Waals surface area contributed by atoms with Gasteiger partial charge in [-0.25, -0.2) is 4.98 Å². The highest BCUT2D eigenvalue weighted by atomic mass is 15.2. The van der Waals surface area contributed by atoms with Crippen LogP contribution in [0.3, 0.4) is 0 Å². The number of fused-ring (bicyclic) bond motifs is 1. The predicted molar refractivity (Wildman–Crippen MR) is 67.9 cm³/mol. The van der Waals surface area contributed by atoms with E-state index in [2.05, 4.69) is 32.9 Å². The maximum absolute atomic E-state index is 4.27. The molecule has 2 unspecified atom stereocenters. The predicted octanol–water partition coefficient (Wildman–Crippen LogP) is 0.875. The van der Waals surface area contributed by atoms with Crippen LogP contribution in [0.5, 0.6) is 0 Å².